The molecule has 3 unspecified atom stereocenters. The molecule has 0 radical (unpaired) electrons. The number of halogens is 3. The fourth-order valence-corrected chi connectivity index (χ4v) is 4.87. The van der Waals surface area contributed by atoms with E-state index in [0.29, 0.717) is 24.9 Å². The minimum atomic E-state index is -3.08. The van der Waals surface area contributed by atoms with Crippen molar-refractivity contribution >= 4 is 23.5 Å². The Kier molecular flexibility index (Phi) is 6.34. The second kappa shape index (κ2) is 9.03. The highest BCUT2D eigenvalue weighted by atomic mass is 35.5. The first-order chi connectivity index (χ1) is 15.3. The number of hydrogen-bond donors (Lipinski definition) is 1. The maximum absolute atomic E-state index is 13.7. The van der Waals surface area contributed by atoms with Gasteiger partial charge in [0.15, 0.2) is 0 Å². The van der Waals surface area contributed by atoms with Crippen molar-refractivity contribution in [2.45, 2.75) is 19.5 Å². The van der Waals surface area contributed by atoms with E-state index in [2.05, 4.69) is 21.7 Å². The Hall–Kier alpha value is -2.72. The molecule has 2 saturated heterocycles. The minimum Gasteiger partial charge on any atom is -0.435 e. The number of aromatic nitrogens is 2. The van der Waals surface area contributed by atoms with Crippen LogP contribution in [0.25, 0.3) is 0 Å². The van der Waals surface area contributed by atoms with Crippen LogP contribution in [-0.2, 0) is 4.79 Å². The van der Waals surface area contributed by atoms with Gasteiger partial charge in [-0.15, -0.1) is 0 Å². The lowest BCUT2D eigenvalue weighted by molar-refractivity contribution is -0.131. The summed E-state index contributed by atoms with van der Waals surface area (Å²) in [5.74, 6) is -0.839. The Morgan fingerprint density at radius 1 is 1.22 bits per heavy atom. The molecule has 2 aromatic rings. The molecule has 2 amide bonds. The number of carbonyl (C=O) groups excluding carboxylic acids is 2. The van der Waals surface area contributed by atoms with Gasteiger partial charge >= 0.3 is 12.6 Å². The van der Waals surface area contributed by atoms with E-state index < -0.39 is 18.6 Å². The van der Waals surface area contributed by atoms with Crippen LogP contribution in [0.3, 0.4) is 0 Å². The molecule has 2 N–H and O–H groups in total. The number of fused-ring (bicyclic) bond motifs is 1. The first-order valence-corrected chi connectivity index (χ1v) is 10.7. The molecule has 1 aromatic carbocycles. The zero-order valence-electron chi connectivity index (χ0n) is 17.5. The number of primary amides is 1. The van der Waals surface area contributed by atoms with Crippen LogP contribution in [0.15, 0.2) is 30.5 Å². The van der Waals surface area contributed by atoms with Crippen LogP contribution < -0.4 is 10.5 Å². The second-order valence-corrected chi connectivity index (χ2v) is 8.57. The van der Waals surface area contributed by atoms with Crippen molar-refractivity contribution in [3.8, 4) is 5.75 Å². The number of alkyl halides is 2. The summed E-state index contributed by atoms with van der Waals surface area (Å²) >= 11 is 6.14. The van der Waals surface area contributed by atoms with Crippen molar-refractivity contribution in [1.82, 2.24) is 19.6 Å². The average molecular weight is 468 g/mol. The van der Waals surface area contributed by atoms with Crippen LogP contribution >= 0.6 is 11.6 Å². The first kappa shape index (κ1) is 22.5. The molecule has 2 aliphatic rings. The standard InChI is InChI=1S/C21H24ClF2N5O3/c1-2-27-8-12-10-28(11-13(12)9-27)19(30)18(16-5-6-29(26-16)21(25)31)15-7-14(22)3-4-17(15)32-20(23)24/h3-7,12-13,18,20H,2,8-11H2,1H3,(H2,25,31). The second-order valence-electron chi connectivity index (χ2n) is 8.13. The van der Waals surface area contributed by atoms with E-state index in [9.17, 15) is 18.4 Å². The molecule has 2 fully saturated rings. The van der Waals surface area contributed by atoms with Gasteiger partial charge in [-0.3, -0.25) is 4.79 Å². The highest BCUT2D eigenvalue weighted by molar-refractivity contribution is 6.30. The molecule has 1 aromatic heterocycles. The summed E-state index contributed by atoms with van der Waals surface area (Å²) in [6.07, 6.45) is 1.33. The summed E-state index contributed by atoms with van der Waals surface area (Å²) in [5, 5.41) is 4.38. The number of nitrogens with two attached hydrogens (primary N) is 1. The topological polar surface area (TPSA) is 93.7 Å². The Labute approximate surface area is 188 Å². The predicted octanol–water partition coefficient (Wildman–Crippen LogP) is 2.61. The summed E-state index contributed by atoms with van der Waals surface area (Å²) in [7, 11) is 0. The van der Waals surface area contributed by atoms with Gasteiger partial charge in [-0.25, -0.2) is 4.79 Å². The molecular weight excluding hydrogens is 444 g/mol. The van der Waals surface area contributed by atoms with Crippen molar-refractivity contribution in [3.63, 3.8) is 0 Å². The number of rotatable bonds is 6. The fourth-order valence-electron chi connectivity index (χ4n) is 4.69. The monoisotopic (exact) mass is 467 g/mol. The molecule has 0 aliphatic carbocycles. The summed E-state index contributed by atoms with van der Waals surface area (Å²) in [4.78, 5) is 29.3. The van der Waals surface area contributed by atoms with Gasteiger partial charge in [0.05, 0.1) is 5.69 Å². The minimum absolute atomic E-state index is 0.157. The van der Waals surface area contributed by atoms with Gasteiger partial charge < -0.3 is 20.3 Å². The number of nitrogens with zero attached hydrogens (tertiary/aromatic N) is 4. The summed E-state index contributed by atoms with van der Waals surface area (Å²) < 4.78 is 31.7. The number of carbonyl (C=O) groups is 2. The number of amides is 2. The number of likely N-dealkylation sites (tertiary alicyclic amines) is 2. The van der Waals surface area contributed by atoms with Crippen LogP contribution in [0.2, 0.25) is 5.02 Å². The molecule has 0 saturated carbocycles. The van der Waals surface area contributed by atoms with Gasteiger partial charge in [0.25, 0.3) is 0 Å². The predicted molar refractivity (Wildman–Crippen MR) is 113 cm³/mol. The number of benzene rings is 1. The third kappa shape index (κ3) is 4.42. The van der Waals surface area contributed by atoms with Gasteiger partial charge in [0.2, 0.25) is 5.91 Å². The Bertz CT molecular complexity index is 1000. The highest BCUT2D eigenvalue weighted by Gasteiger charge is 2.43. The normalized spacial score (nSPS) is 21.7. The van der Waals surface area contributed by atoms with E-state index in [-0.39, 0.29) is 27.9 Å². The van der Waals surface area contributed by atoms with Crippen LogP contribution in [0.5, 0.6) is 5.75 Å². The maximum Gasteiger partial charge on any atom is 0.387 e. The average Bonchev–Trinajstić information content (AvgIpc) is 3.44. The molecule has 32 heavy (non-hydrogen) atoms. The van der Waals surface area contributed by atoms with E-state index >= 15 is 0 Å². The van der Waals surface area contributed by atoms with Gasteiger partial charge in [0.1, 0.15) is 11.7 Å². The lowest BCUT2D eigenvalue weighted by atomic mass is 9.93. The highest BCUT2D eigenvalue weighted by Crippen LogP contribution is 2.38. The SMILES string of the molecule is CCN1CC2CN(C(=O)C(c3ccn(C(N)=O)n3)c3cc(Cl)ccc3OC(F)F)CC2C1. The third-order valence-electron chi connectivity index (χ3n) is 6.20. The third-order valence-corrected chi connectivity index (χ3v) is 6.43. The van der Waals surface area contributed by atoms with Gasteiger partial charge in [0, 0.05) is 43.0 Å². The zero-order valence-corrected chi connectivity index (χ0v) is 18.2. The van der Waals surface area contributed by atoms with E-state index in [0.717, 1.165) is 24.3 Å². The summed E-state index contributed by atoms with van der Waals surface area (Å²) in [6.45, 7) is 2.96. The van der Waals surface area contributed by atoms with Gasteiger partial charge in [-0.05, 0) is 42.6 Å². The van der Waals surface area contributed by atoms with Crippen molar-refractivity contribution in [2.24, 2.45) is 17.6 Å². The first-order valence-electron chi connectivity index (χ1n) is 10.4. The van der Waals surface area contributed by atoms with Crippen LogP contribution in [0, 0.1) is 11.8 Å². The zero-order chi connectivity index (χ0) is 23.0. The Balaban J connectivity index is 1.70. The van der Waals surface area contributed by atoms with E-state index in [1.807, 2.05) is 0 Å². The van der Waals surface area contributed by atoms with Crippen LogP contribution in [-0.4, -0.2) is 70.9 Å². The summed E-state index contributed by atoms with van der Waals surface area (Å²) in [5.41, 5.74) is 5.64. The van der Waals surface area contributed by atoms with Crippen LogP contribution in [0.4, 0.5) is 13.6 Å². The molecule has 0 bridgehead atoms. The van der Waals surface area contributed by atoms with E-state index in [4.69, 9.17) is 17.3 Å². The quantitative estimate of drug-likeness (QED) is 0.704. The van der Waals surface area contributed by atoms with Crippen molar-refractivity contribution in [1.29, 1.82) is 0 Å². The molecule has 172 valence electrons. The summed E-state index contributed by atoms with van der Waals surface area (Å²) in [6, 6.07) is 4.77. The molecule has 3 atom stereocenters. The van der Waals surface area contributed by atoms with Crippen molar-refractivity contribution in [3.05, 3.63) is 46.7 Å². The molecule has 2 aliphatic heterocycles. The fraction of sp³-hybridized carbons (Fsp3) is 0.476. The smallest absolute Gasteiger partial charge is 0.387 e. The van der Waals surface area contributed by atoms with Crippen molar-refractivity contribution in [2.75, 3.05) is 32.7 Å². The van der Waals surface area contributed by atoms with E-state index in [1.54, 1.807) is 4.90 Å². The van der Waals surface area contributed by atoms with Gasteiger partial charge in [-0.1, -0.05) is 18.5 Å². The van der Waals surface area contributed by atoms with Crippen molar-refractivity contribution < 1.29 is 23.1 Å². The molecule has 3 heterocycles. The maximum atomic E-state index is 13.7. The van der Waals surface area contributed by atoms with Gasteiger partial charge in [-0.2, -0.15) is 18.6 Å². The van der Waals surface area contributed by atoms with E-state index in [1.165, 1.54) is 30.5 Å². The lowest BCUT2D eigenvalue weighted by Crippen LogP contribution is -2.37. The van der Waals surface area contributed by atoms with Crippen LogP contribution in [0.1, 0.15) is 24.1 Å². The lowest BCUT2D eigenvalue weighted by Gasteiger charge is -2.26. The molecule has 4 rings (SSSR count). The Morgan fingerprint density at radius 2 is 1.91 bits per heavy atom. The molecular formula is C21H24ClF2N5O3. The number of ether oxygens (including phenoxy) is 1. The molecule has 8 nitrogen and oxygen atoms in total. The Morgan fingerprint density at radius 3 is 2.47 bits per heavy atom. The number of hydrogen-bond acceptors (Lipinski definition) is 5. The largest absolute Gasteiger partial charge is 0.435 e. The molecule has 11 heteroatoms. The molecule has 0 spiro atoms.